The molecule has 180 valence electrons. The quantitative estimate of drug-likeness (QED) is 0.260. The lowest BCUT2D eigenvalue weighted by Crippen LogP contribution is -2.73. The summed E-state index contributed by atoms with van der Waals surface area (Å²) >= 11 is 1.52. The maximum absolute atomic E-state index is 13.5. The van der Waals surface area contributed by atoms with Gasteiger partial charge < -0.3 is 24.0 Å². The van der Waals surface area contributed by atoms with Gasteiger partial charge in [0, 0.05) is 11.9 Å². The Morgan fingerprint density at radius 3 is 2.45 bits per heavy atom. The Bertz CT molecular complexity index is 924. The summed E-state index contributed by atoms with van der Waals surface area (Å²) in [5.74, 6) is -0.885. The fourth-order valence-electron chi connectivity index (χ4n) is 4.85. The molecule has 0 radical (unpaired) electrons. The first-order valence-corrected chi connectivity index (χ1v) is 11.9. The van der Waals surface area contributed by atoms with Crippen molar-refractivity contribution in [3.05, 3.63) is 35.9 Å². The van der Waals surface area contributed by atoms with Crippen LogP contribution in [0.2, 0.25) is 0 Å². The molecule has 33 heavy (non-hydrogen) atoms. The number of rotatable bonds is 8. The third-order valence-electron chi connectivity index (χ3n) is 6.35. The van der Waals surface area contributed by atoms with Crippen molar-refractivity contribution >= 4 is 29.5 Å². The molecule has 4 rings (SSSR count). The number of β-lactam (4-membered cyclic amide) rings is 1. The highest BCUT2D eigenvalue weighted by Crippen LogP contribution is 2.54. The van der Waals surface area contributed by atoms with Gasteiger partial charge in [0.2, 0.25) is 11.8 Å². The molecule has 9 nitrogen and oxygen atoms in total. The standard InChI is InChI=1S/C23H31N3O6S/c1-22(2)17(21(29)32-13-31-12-11-30-5)25-19(28)16(20(25)33-22)26-18(27)15(24-23(26,3)4)14-9-7-6-8-10-14/h6-10,15-17,20,24H,11-13H2,1-5H3. The van der Waals surface area contributed by atoms with E-state index in [1.807, 2.05) is 58.0 Å². The van der Waals surface area contributed by atoms with Crippen LogP contribution in [0.15, 0.2) is 30.3 Å². The average molecular weight is 478 g/mol. The van der Waals surface area contributed by atoms with Crippen molar-refractivity contribution in [2.45, 2.75) is 61.6 Å². The van der Waals surface area contributed by atoms with E-state index < -0.39 is 34.5 Å². The third-order valence-corrected chi connectivity index (χ3v) is 7.90. The van der Waals surface area contributed by atoms with Gasteiger partial charge in [-0.3, -0.25) is 14.9 Å². The number of nitrogens with zero attached hydrogens (tertiary/aromatic N) is 2. The van der Waals surface area contributed by atoms with E-state index in [1.165, 1.54) is 11.8 Å². The zero-order valence-corrected chi connectivity index (χ0v) is 20.4. The summed E-state index contributed by atoms with van der Waals surface area (Å²) < 4.78 is 14.9. The van der Waals surface area contributed by atoms with Crippen LogP contribution >= 0.6 is 11.8 Å². The van der Waals surface area contributed by atoms with Gasteiger partial charge in [0.1, 0.15) is 23.5 Å². The highest BCUT2D eigenvalue weighted by Gasteiger charge is 2.68. The van der Waals surface area contributed by atoms with E-state index in [4.69, 9.17) is 14.2 Å². The number of nitrogens with one attached hydrogen (secondary N) is 1. The van der Waals surface area contributed by atoms with Crippen molar-refractivity contribution in [2.24, 2.45) is 0 Å². The molecule has 3 heterocycles. The monoisotopic (exact) mass is 477 g/mol. The topological polar surface area (TPSA) is 97.4 Å². The van der Waals surface area contributed by atoms with Crippen LogP contribution in [0.25, 0.3) is 0 Å². The van der Waals surface area contributed by atoms with Crippen LogP contribution in [0, 0.1) is 0 Å². The summed E-state index contributed by atoms with van der Waals surface area (Å²) in [5.41, 5.74) is 0.138. The van der Waals surface area contributed by atoms with Gasteiger partial charge in [0.25, 0.3) is 0 Å². The van der Waals surface area contributed by atoms with Gasteiger partial charge in [-0.15, -0.1) is 11.8 Å². The van der Waals surface area contributed by atoms with E-state index in [-0.39, 0.29) is 24.0 Å². The molecule has 1 aromatic carbocycles. The largest absolute Gasteiger partial charge is 0.437 e. The third kappa shape index (κ3) is 4.14. The maximum atomic E-state index is 13.5. The molecule has 3 aliphatic heterocycles. The summed E-state index contributed by atoms with van der Waals surface area (Å²) in [7, 11) is 1.56. The predicted octanol–water partition coefficient (Wildman–Crippen LogP) is 1.49. The van der Waals surface area contributed by atoms with Gasteiger partial charge in [-0.05, 0) is 33.3 Å². The lowest BCUT2D eigenvalue weighted by atomic mass is 9.94. The van der Waals surface area contributed by atoms with Crippen molar-refractivity contribution in [1.82, 2.24) is 15.1 Å². The highest BCUT2D eigenvalue weighted by atomic mass is 32.2. The zero-order valence-electron chi connectivity index (χ0n) is 19.6. The zero-order chi connectivity index (χ0) is 24.0. The van der Waals surface area contributed by atoms with E-state index in [0.717, 1.165) is 5.56 Å². The Morgan fingerprint density at radius 1 is 1.09 bits per heavy atom. The van der Waals surface area contributed by atoms with Crippen LogP contribution in [-0.2, 0) is 28.6 Å². The molecule has 10 heteroatoms. The molecule has 0 spiro atoms. The van der Waals surface area contributed by atoms with Gasteiger partial charge in [-0.25, -0.2) is 4.79 Å². The first-order chi connectivity index (χ1) is 15.6. The number of hydrogen-bond donors (Lipinski definition) is 1. The minimum Gasteiger partial charge on any atom is -0.437 e. The van der Waals surface area contributed by atoms with Crippen LogP contribution in [0.1, 0.15) is 39.3 Å². The van der Waals surface area contributed by atoms with Crippen molar-refractivity contribution in [3.63, 3.8) is 0 Å². The Kier molecular flexibility index (Phi) is 6.47. The molecule has 3 fully saturated rings. The first-order valence-electron chi connectivity index (χ1n) is 11.0. The number of amides is 2. The van der Waals surface area contributed by atoms with Gasteiger partial charge in [0.15, 0.2) is 6.79 Å². The number of hydrogen-bond acceptors (Lipinski definition) is 8. The fraction of sp³-hybridized carbons (Fsp3) is 0.609. The van der Waals surface area contributed by atoms with Crippen molar-refractivity contribution in [1.29, 1.82) is 0 Å². The second-order valence-corrected chi connectivity index (χ2v) is 11.2. The minimum atomic E-state index is -0.749. The average Bonchev–Trinajstić information content (AvgIpc) is 3.16. The van der Waals surface area contributed by atoms with E-state index in [1.54, 1.807) is 16.9 Å². The minimum absolute atomic E-state index is 0.139. The summed E-state index contributed by atoms with van der Waals surface area (Å²) in [6.45, 7) is 8.14. The van der Waals surface area contributed by atoms with Crippen molar-refractivity contribution in [2.75, 3.05) is 27.1 Å². The van der Waals surface area contributed by atoms with Gasteiger partial charge in [-0.2, -0.15) is 0 Å². The number of methoxy groups -OCH3 is 1. The first kappa shape index (κ1) is 24.0. The lowest BCUT2D eigenvalue weighted by Gasteiger charge is -2.50. The van der Waals surface area contributed by atoms with E-state index in [9.17, 15) is 14.4 Å². The van der Waals surface area contributed by atoms with Crippen LogP contribution in [0.3, 0.4) is 0 Å². The smallest absolute Gasteiger partial charge is 0.332 e. The second kappa shape index (κ2) is 8.90. The summed E-state index contributed by atoms with van der Waals surface area (Å²) in [6.07, 6.45) is 0. The Hall–Kier alpha value is -2.14. The van der Waals surface area contributed by atoms with Gasteiger partial charge >= 0.3 is 5.97 Å². The SMILES string of the molecule is COCCOCOC(=O)C1N2C(=O)C(N3C(=O)C(c4ccccc4)NC3(C)C)C2SC1(C)C. The number of carbonyl (C=O) groups is 3. The van der Waals surface area contributed by atoms with E-state index >= 15 is 0 Å². The number of esters is 1. The Morgan fingerprint density at radius 2 is 1.79 bits per heavy atom. The van der Waals surface area contributed by atoms with Crippen molar-refractivity contribution in [3.8, 4) is 0 Å². The molecule has 3 aliphatic rings. The molecular formula is C23H31N3O6S. The van der Waals surface area contributed by atoms with Crippen LogP contribution < -0.4 is 5.32 Å². The highest BCUT2D eigenvalue weighted by molar-refractivity contribution is 8.01. The molecule has 3 saturated heterocycles. The number of fused-ring (bicyclic) bond motifs is 1. The fourth-order valence-corrected chi connectivity index (χ4v) is 6.51. The molecule has 0 saturated carbocycles. The van der Waals surface area contributed by atoms with Gasteiger partial charge in [0.05, 0.1) is 18.9 Å². The normalized spacial score (nSPS) is 29.7. The summed E-state index contributed by atoms with van der Waals surface area (Å²) in [4.78, 5) is 42.9. The number of carbonyl (C=O) groups excluding carboxylic acids is 3. The van der Waals surface area contributed by atoms with Crippen LogP contribution in [0.4, 0.5) is 0 Å². The Labute approximate surface area is 198 Å². The lowest BCUT2D eigenvalue weighted by molar-refractivity contribution is -0.178. The van der Waals surface area contributed by atoms with E-state index in [0.29, 0.717) is 13.2 Å². The van der Waals surface area contributed by atoms with E-state index in [2.05, 4.69) is 5.32 Å². The van der Waals surface area contributed by atoms with Gasteiger partial charge in [-0.1, -0.05) is 30.3 Å². The second-order valence-electron chi connectivity index (χ2n) is 9.44. The van der Waals surface area contributed by atoms with Crippen LogP contribution in [0.5, 0.6) is 0 Å². The maximum Gasteiger partial charge on any atom is 0.332 e. The molecule has 0 aromatic heterocycles. The summed E-state index contributed by atoms with van der Waals surface area (Å²) in [5, 5.41) is 3.05. The van der Waals surface area contributed by atoms with Crippen LogP contribution in [-0.4, -0.2) is 82.6 Å². The molecule has 1 N–H and O–H groups in total. The Balaban J connectivity index is 1.49. The van der Waals surface area contributed by atoms with Crippen molar-refractivity contribution < 1.29 is 28.6 Å². The number of thioether (sulfide) groups is 1. The predicted molar refractivity (Wildman–Crippen MR) is 122 cm³/mol. The molecule has 4 atom stereocenters. The molecule has 1 aromatic rings. The number of benzene rings is 1. The molecule has 2 amide bonds. The number of ether oxygens (including phenoxy) is 3. The molecular weight excluding hydrogens is 446 g/mol. The molecule has 0 aliphatic carbocycles. The summed E-state index contributed by atoms with van der Waals surface area (Å²) in [6, 6.07) is 7.57. The molecule has 4 unspecified atom stereocenters. The molecule has 0 bridgehead atoms.